The molecule has 2 heterocycles. The Labute approximate surface area is 158 Å². The summed E-state index contributed by atoms with van der Waals surface area (Å²) in [6, 6.07) is 10.0. The van der Waals surface area contributed by atoms with Crippen LogP contribution in [0.15, 0.2) is 41.3 Å². The highest BCUT2D eigenvalue weighted by molar-refractivity contribution is 7.89. The van der Waals surface area contributed by atoms with Gasteiger partial charge in [-0.3, -0.25) is 0 Å². The Morgan fingerprint density at radius 1 is 1.12 bits per heavy atom. The quantitative estimate of drug-likeness (QED) is 0.778. The highest BCUT2D eigenvalue weighted by atomic mass is 35.5. The largest absolute Gasteiger partial charge is 0.490 e. The van der Waals surface area contributed by atoms with Gasteiger partial charge in [0.1, 0.15) is 0 Å². The van der Waals surface area contributed by atoms with Gasteiger partial charge < -0.3 is 9.47 Å². The van der Waals surface area contributed by atoms with E-state index in [1.807, 2.05) is 19.1 Å². The van der Waals surface area contributed by atoms with Gasteiger partial charge in [-0.25, -0.2) is 8.42 Å². The summed E-state index contributed by atoms with van der Waals surface area (Å²) < 4.78 is 39.3. The zero-order chi connectivity index (χ0) is 18.3. The van der Waals surface area contributed by atoms with Gasteiger partial charge in [0.2, 0.25) is 10.0 Å². The standard InChI is InChI=1S/C19H20ClNO4S/c1-13-17-12-19-18(24-8-3-9-25-19)10-14(17)6-7-21(13)26(22,23)16-5-2-4-15(20)11-16/h2,4-5,10-13H,3,6-9H2,1H3/t13-/m0/s1. The van der Waals surface area contributed by atoms with E-state index in [0.717, 1.165) is 23.3 Å². The molecule has 0 unspecified atom stereocenters. The molecule has 138 valence electrons. The smallest absolute Gasteiger partial charge is 0.243 e. The van der Waals surface area contributed by atoms with Gasteiger partial charge in [-0.1, -0.05) is 17.7 Å². The highest BCUT2D eigenvalue weighted by Gasteiger charge is 2.35. The van der Waals surface area contributed by atoms with Crippen LogP contribution in [0.4, 0.5) is 0 Å². The molecule has 26 heavy (non-hydrogen) atoms. The van der Waals surface area contributed by atoms with Crippen LogP contribution >= 0.6 is 11.6 Å². The highest BCUT2D eigenvalue weighted by Crippen LogP contribution is 2.40. The molecule has 0 aromatic heterocycles. The SMILES string of the molecule is C[C@H]1c2cc3c(cc2CCN1S(=O)(=O)c1cccc(Cl)c1)OCCCO3. The number of fused-ring (bicyclic) bond motifs is 2. The van der Waals surface area contributed by atoms with Gasteiger partial charge in [-0.05, 0) is 54.8 Å². The first-order valence-electron chi connectivity index (χ1n) is 8.66. The Morgan fingerprint density at radius 2 is 1.85 bits per heavy atom. The van der Waals surface area contributed by atoms with Crippen molar-refractivity contribution in [2.45, 2.75) is 30.7 Å². The Hall–Kier alpha value is -1.76. The normalized spacial score (nSPS) is 20.3. The molecule has 2 aliphatic rings. The van der Waals surface area contributed by atoms with Crippen molar-refractivity contribution in [2.75, 3.05) is 19.8 Å². The van der Waals surface area contributed by atoms with Gasteiger partial charge in [0.25, 0.3) is 0 Å². The molecule has 2 aromatic carbocycles. The van der Waals surface area contributed by atoms with E-state index in [4.69, 9.17) is 21.1 Å². The molecule has 0 spiro atoms. The third-order valence-electron chi connectivity index (χ3n) is 4.90. The molecule has 7 heteroatoms. The van der Waals surface area contributed by atoms with Crippen molar-refractivity contribution >= 4 is 21.6 Å². The lowest BCUT2D eigenvalue weighted by molar-refractivity contribution is 0.296. The second-order valence-electron chi connectivity index (χ2n) is 6.55. The first-order valence-corrected chi connectivity index (χ1v) is 10.5. The van der Waals surface area contributed by atoms with Crippen molar-refractivity contribution in [3.63, 3.8) is 0 Å². The lowest BCUT2D eigenvalue weighted by Gasteiger charge is -2.34. The third kappa shape index (κ3) is 3.06. The first kappa shape index (κ1) is 17.6. The van der Waals surface area contributed by atoms with Crippen molar-refractivity contribution in [2.24, 2.45) is 0 Å². The molecular formula is C19H20ClNO4S. The van der Waals surface area contributed by atoms with Crippen LogP contribution in [0.3, 0.4) is 0 Å². The van der Waals surface area contributed by atoms with Crippen LogP contribution < -0.4 is 9.47 Å². The number of ether oxygens (including phenoxy) is 2. The van der Waals surface area contributed by atoms with Crippen molar-refractivity contribution in [1.29, 1.82) is 0 Å². The van der Waals surface area contributed by atoms with Gasteiger partial charge in [0, 0.05) is 24.0 Å². The molecule has 0 saturated carbocycles. The van der Waals surface area contributed by atoms with E-state index in [0.29, 0.717) is 37.0 Å². The van der Waals surface area contributed by atoms with Crippen LogP contribution in [0.5, 0.6) is 11.5 Å². The minimum atomic E-state index is -3.63. The summed E-state index contributed by atoms with van der Waals surface area (Å²) in [6.07, 6.45) is 1.47. The molecule has 1 atom stereocenters. The molecule has 0 bridgehead atoms. The zero-order valence-electron chi connectivity index (χ0n) is 14.4. The molecule has 0 radical (unpaired) electrons. The first-order chi connectivity index (χ1) is 12.5. The maximum absolute atomic E-state index is 13.1. The maximum Gasteiger partial charge on any atom is 0.243 e. The fraction of sp³-hybridized carbons (Fsp3) is 0.368. The van der Waals surface area contributed by atoms with Crippen molar-refractivity contribution < 1.29 is 17.9 Å². The second-order valence-corrected chi connectivity index (χ2v) is 8.87. The third-order valence-corrected chi connectivity index (χ3v) is 7.10. The van der Waals surface area contributed by atoms with Crippen molar-refractivity contribution in [3.8, 4) is 11.5 Å². The monoisotopic (exact) mass is 393 g/mol. The minimum absolute atomic E-state index is 0.217. The molecule has 0 fully saturated rings. The van der Waals surface area contributed by atoms with Crippen LogP contribution in [-0.4, -0.2) is 32.5 Å². The number of sulfonamides is 1. The van der Waals surface area contributed by atoms with Crippen LogP contribution in [0, 0.1) is 0 Å². The second kappa shape index (κ2) is 6.76. The lowest BCUT2D eigenvalue weighted by atomic mass is 9.94. The lowest BCUT2D eigenvalue weighted by Crippen LogP contribution is -2.38. The number of benzene rings is 2. The number of nitrogens with zero attached hydrogens (tertiary/aromatic N) is 1. The summed E-state index contributed by atoms with van der Waals surface area (Å²) in [4.78, 5) is 0.217. The summed E-state index contributed by atoms with van der Waals surface area (Å²) in [7, 11) is -3.63. The maximum atomic E-state index is 13.1. The molecule has 2 aliphatic heterocycles. The molecular weight excluding hydrogens is 374 g/mol. The van der Waals surface area contributed by atoms with E-state index >= 15 is 0 Å². The van der Waals surface area contributed by atoms with Crippen LogP contribution in [-0.2, 0) is 16.4 Å². The Morgan fingerprint density at radius 3 is 2.58 bits per heavy atom. The molecule has 0 saturated heterocycles. The number of hydrogen-bond donors (Lipinski definition) is 0. The predicted molar refractivity (Wildman–Crippen MR) is 99.5 cm³/mol. The molecule has 0 N–H and O–H groups in total. The van der Waals surface area contributed by atoms with E-state index in [2.05, 4.69) is 0 Å². The van der Waals surface area contributed by atoms with Gasteiger partial charge in [0.15, 0.2) is 11.5 Å². The van der Waals surface area contributed by atoms with Crippen LogP contribution in [0.25, 0.3) is 0 Å². The van der Waals surface area contributed by atoms with Gasteiger partial charge >= 0.3 is 0 Å². The molecule has 0 amide bonds. The number of hydrogen-bond acceptors (Lipinski definition) is 4. The Bertz CT molecular complexity index is 945. The van der Waals surface area contributed by atoms with E-state index in [1.165, 1.54) is 10.4 Å². The number of rotatable bonds is 2. The summed E-state index contributed by atoms with van der Waals surface area (Å²) in [5, 5.41) is 0.409. The molecule has 2 aromatic rings. The average Bonchev–Trinajstić information content (AvgIpc) is 2.85. The van der Waals surface area contributed by atoms with Crippen LogP contribution in [0.1, 0.15) is 30.5 Å². The zero-order valence-corrected chi connectivity index (χ0v) is 16.0. The van der Waals surface area contributed by atoms with E-state index in [9.17, 15) is 8.42 Å². The molecule has 0 aliphatic carbocycles. The molecule has 4 rings (SSSR count). The topological polar surface area (TPSA) is 55.8 Å². The summed E-state index contributed by atoms with van der Waals surface area (Å²) in [5.74, 6) is 1.44. The van der Waals surface area contributed by atoms with Crippen molar-refractivity contribution in [1.82, 2.24) is 4.31 Å². The Kier molecular flexibility index (Phi) is 4.59. The predicted octanol–water partition coefficient (Wildman–Crippen LogP) is 3.81. The van der Waals surface area contributed by atoms with Crippen molar-refractivity contribution in [3.05, 3.63) is 52.5 Å². The van der Waals surface area contributed by atoms with Gasteiger partial charge in [-0.15, -0.1) is 0 Å². The summed E-state index contributed by atoms with van der Waals surface area (Å²) in [6.45, 7) is 3.56. The molecule has 5 nitrogen and oxygen atoms in total. The minimum Gasteiger partial charge on any atom is -0.490 e. The van der Waals surface area contributed by atoms with E-state index < -0.39 is 10.0 Å². The van der Waals surface area contributed by atoms with E-state index in [1.54, 1.807) is 18.2 Å². The van der Waals surface area contributed by atoms with E-state index in [-0.39, 0.29) is 10.9 Å². The number of halogens is 1. The summed E-state index contributed by atoms with van der Waals surface area (Å²) >= 11 is 5.99. The fourth-order valence-electron chi connectivity index (χ4n) is 3.54. The van der Waals surface area contributed by atoms with Gasteiger partial charge in [0.05, 0.1) is 18.1 Å². The van der Waals surface area contributed by atoms with Crippen LogP contribution in [0.2, 0.25) is 5.02 Å². The Balaban J connectivity index is 1.72. The summed E-state index contributed by atoms with van der Waals surface area (Å²) in [5.41, 5.74) is 2.07. The van der Waals surface area contributed by atoms with Gasteiger partial charge in [-0.2, -0.15) is 4.31 Å². The average molecular weight is 394 g/mol. The fourth-order valence-corrected chi connectivity index (χ4v) is 5.46.